The standard InChI is InChI=1S/C20H38O3Si2/c1-19(2,3)24(7,8)22-17-11-12-18(16(15-17)13-14-21)23-25(9,10)20(4,5)6/h11-12,15,21H,13-14H2,1-10H3. The third kappa shape index (κ3) is 5.59. The second-order valence-electron chi connectivity index (χ2n) is 9.97. The zero-order valence-corrected chi connectivity index (χ0v) is 19.9. The number of hydrogen-bond donors (Lipinski definition) is 1. The van der Waals surface area contributed by atoms with Crippen LogP contribution in [0.15, 0.2) is 18.2 Å². The van der Waals surface area contributed by atoms with Gasteiger partial charge in [-0.25, -0.2) is 0 Å². The second-order valence-corrected chi connectivity index (χ2v) is 19.4. The Morgan fingerprint density at radius 3 is 1.76 bits per heavy atom. The molecule has 0 fully saturated rings. The SMILES string of the molecule is CC(C)(C)[Si](C)(C)Oc1ccc(O[Si](C)(C)C(C)(C)C)c(CCO)c1. The normalized spacial score (nSPS) is 13.7. The van der Waals surface area contributed by atoms with E-state index in [0.717, 1.165) is 17.1 Å². The molecule has 0 saturated carbocycles. The minimum atomic E-state index is -1.91. The highest BCUT2D eigenvalue weighted by molar-refractivity contribution is 6.75. The number of aliphatic hydroxyl groups is 1. The molecule has 3 nitrogen and oxygen atoms in total. The molecule has 0 aliphatic rings. The van der Waals surface area contributed by atoms with Gasteiger partial charge < -0.3 is 14.0 Å². The molecule has 0 radical (unpaired) electrons. The Balaban J connectivity index is 3.16. The van der Waals surface area contributed by atoms with Gasteiger partial charge in [-0.15, -0.1) is 0 Å². The fourth-order valence-corrected chi connectivity index (χ4v) is 3.99. The molecule has 0 aliphatic heterocycles. The summed E-state index contributed by atoms with van der Waals surface area (Å²) in [4.78, 5) is 0. The van der Waals surface area contributed by atoms with Crippen molar-refractivity contribution in [1.29, 1.82) is 0 Å². The van der Waals surface area contributed by atoms with Crippen molar-refractivity contribution in [3.8, 4) is 11.5 Å². The molecule has 5 heteroatoms. The van der Waals surface area contributed by atoms with Crippen LogP contribution < -0.4 is 8.85 Å². The largest absolute Gasteiger partial charge is 0.543 e. The molecule has 0 aromatic heterocycles. The molecule has 1 aromatic rings. The lowest BCUT2D eigenvalue weighted by Crippen LogP contribution is -2.44. The van der Waals surface area contributed by atoms with Crippen LogP contribution in [0.3, 0.4) is 0 Å². The molecule has 0 spiro atoms. The van der Waals surface area contributed by atoms with Gasteiger partial charge in [0.25, 0.3) is 0 Å². The number of hydrogen-bond acceptors (Lipinski definition) is 3. The van der Waals surface area contributed by atoms with Gasteiger partial charge in [0.1, 0.15) is 11.5 Å². The van der Waals surface area contributed by atoms with E-state index in [-0.39, 0.29) is 16.7 Å². The molecule has 0 heterocycles. The number of aliphatic hydroxyl groups excluding tert-OH is 1. The van der Waals surface area contributed by atoms with Crippen molar-refractivity contribution >= 4 is 16.6 Å². The van der Waals surface area contributed by atoms with Crippen LogP contribution in [0.1, 0.15) is 47.1 Å². The summed E-state index contributed by atoms with van der Waals surface area (Å²) in [7, 11) is -3.79. The van der Waals surface area contributed by atoms with E-state index in [1.165, 1.54) is 0 Å². The predicted molar refractivity (Wildman–Crippen MR) is 113 cm³/mol. The van der Waals surface area contributed by atoms with Crippen LogP contribution in [0.2, 0.25) is 36.3 Å². The van der Waals surface area contributed by atoms with E-state index in [2.05, 4.69) is 73.8 Å². The number of benzene rings is 1. The Labute approximate surface area is 157 Å². The zero-order valence-electron chi connectivity index (χ0n) is 17.9. The van der Waals surface area contributed by atoms with Gasteiger partial charge in [-0.2, -0.15) is 0 Å². The highest BCUT2D eigenvalue weighted by atomic mass is 28.4. The molecule has 1 rings (SSSR count). The molecule has 0 atom stereocenters. The molecule has 0 amide bonds. The van der Waals surface area contributed by atoms with Crippen molar-refractivity contribution in [2.75, 3.05) is 6.61 Å². The quantitative estimate of drug-likeness (QED) is 0.614. The molecule has 0 aliphatic carbocycles. The fraction of sp³-hybridized carbons (Fsp3) is 0.700. The Morgan fingerprint density at radius 1 is 0.840 bits per heavy atom. The van der Waals surface area contributed by atoms with Crippen molar-refractivity contribution in [2.45, 2.75) is 84.2 Å². The molecular weight excluding hydrogens is 344 g/mol. The van der Waals surface area contributed by atoms with Crippen LogP contribution in [0.4, 0.5) is 0 Å². The van der Waals surface area contributed by atoms with E-state index in [1.54, 1.807) is 0 Å². The summed E-state index contributed by atoms with van der Waals surface area (Å²) in [6.45, 7) is 22.5. The second kappa shape index (κ2) is 7.45. The van der Waals surface area contributed by atoms with Crippen molar-refractivity contribution in [3.05, 3.63) is 23.8 Å². The van der Waals surface area contributed by atoms with Gasteiger partial charge in [0.15, 0.2) is 0 Å². The van der Waals surface area contributed by atoms with E-state index in [1.807, 2.05) is 12.1 Å². The molecule has 1 N–H and O–H groups in total. The summed E-state index contributed by atoms with van der Waals surface area (Å²) in [5, 5.41) is 9.77. The zero-order chi connectivity index (χ0) is 19.7. The first-order chi connectivity index (χ1) is 11.1. The Hall–Kier alpha value is -0.786. The lowest BCUT2D eigenvalue weighted by Gasteiger charge is -2.38. The van der Waals surface area contributed by atoms with Gasteiger partial charge in [0.05, 0.1) is 0 Å². The third-order valence-electron chi connectivity index (χ3n) is 5.76. The summed E-state index contributed by atoms with van der Waals surface area (Å²) >= 11 is 0. The average molecular weight is 383 g/mol. The van der Waals surface area contributed by atoms with Crippen LogP contribution in [0, 0.1) is 0 Å². The van der Waals surface area contributed by atoms with Crippen molar-refractivity contribution in [3.63, 3.8) is 0 Å². The lowest BCUT2D eigenvalue weighted by molar-refractivity contribution is 0.298. The summed E-state index contributed by atoms with van der Waals surface area (Å²) in [6.07, 6.45) is 0.582. The molecule has 0 unspecified atom stereocenters. The van der Waals surface area contributed by atoms with Gasteiger partial charge in [-0.05, 0) is 66.4 Å². The molecule has 25 heavy (non-hydrogen) atoms. The van der Waals surface area contributed by atoms with Gasteiger partial charge in [-0.1, -0.05) is 41.5 Å². The van der Waals surface area contributed by atoms with Crippen LogP contribution in [-0.2, 0) is 6.42 Å². The van der Waals surface area contributed by atoms with Crippen LogP contribution in [0.5, 0.6) is 11.5 Å². The molecule has 0 saturated heterocycles. The van der Waals surface area contributed by atoms with E-state index < -0.39 is 16.6 Å². The molecule has 0 bridgehead atoms. The summed E-state index contributed by atoms with van der Waals surface area (Å²) < 4.78 is 12.9. The predicted octanol–water partition coefficient (Wildman–Crippen LogP) is 5.99. The Kier molecular flexibility index (Phi) is 6.63. The van der Waals surface area contributed by atoms with Crippen LogP contribution in [0.25, 0.3) is 0 Å². The highest BCUT2D eigenvalue weighted by Crippen LogP contribution is 2.40. The monoisotopic (exact) mass is 382 g/mol. The number of rotatable bonds is 6. The van der Waals surface area contributed by atoms with Gasteiger partial charge >= 0.3 is 0 Å². The molecule has 144 valence electrons. The smallest absolute Gasteiger partial charge is 0.250 e. The van der Waals surface area contributed by atoms with E-state index in [9.17, 15) is 5.11 Å². The first-order valence-electron chi connectivity index (χ1n) is 9.22. The van der Waals surface area contributed by atoms with Gasteiger partial charge in [0.2, 0.25) is 16.6 Å². The van der Waals surface area contributed by atoms with E-state index in [0.29, 0.717) is 6.42 Å². The molecular formula is C20H38O3Si2. The minimum Gasteiger partial charge on any atom is -0.543 e. The van der Waals surface area contributed by atoms with Crippen LogP contribution in [-0.4, -0.2) is 28.3 Å². The maximum absolute atomic E-state index is 9.48. The van der Waals surface area contributed by atoms with Gasteiger partial charge in [-0.3, -0.25) is 0 Å². The summed E-state index contributed by atoms with van der Waals surface area (Å²) in [5.41, 5.74) is 1.03. The first-order valence-corrected chi connectivity index (χ1v) is 15.0. The summed E-state index contributed by atoms with van der Waals surface area (Å²) in [5.74, 6) is 1.78. The highest BCUT2D eigenvalue weighted by Gasteiger charge is 2.40. The van der Waals surface area contributed by atoms with E-state index >= 15 is 0 Å². The molecule has 1 aromatic carbocycles. The summed E-state index contributed by atoms with van der Waals surface area (Å²) in [6, 6.07) is 6.09. The minimum absolute atomic E-state index is 0.109. The van der Waals surface area contributed by atoms with E-state index in [4.69, 9.17) is 8.85 Å². The van der Waals surface area contributed by atoms with Gasteiger partial charge in [0, 0.05) is 6.61 Å². The fourth-order valence-electron chi connectivity index (χ4n) is 1.91. The average Bonchev–Trinajstić information content (AvgIpc) is 2.39. The Bertz CT molecular complexity index is 582. The van der Waals surface area contributed by atoms with Crippen molar-refractivity contribution in [1.82, 2.24) is 0 Å². The van der Waals surface area contributed by atoms with Crippen LogP contribution >= 0.6 is 0 Å². The topological polar surface area (TPSA) is 38.7 Å². The third-order valence-corrected chi connectivity index (χ3v) is 14.5. The maximum Gasteiger partial charge on any atom is 0.250 e. The van der Waals surface area contributed by atoms with Crippen molar-refractivity contribution in [2.24, 2.45) is 0 Å². The van der Waals surface area contributed by atoms with Crippen molar-refractivity contribution < 1.29 is 14.0 Å². The maximum atomic E-state index is 9.48. The first kappa shape index (κ1) is 22.3. The Morgan fingerprint density at radius 2 is 1.32 bits per heavy atom. The lowest BCUT2D eigenvalue weighted by atomic mass is 10.1.